The summed E-state index contributed by atoms with van der Waals surface area (Å²) in [7, 11) is 0. The molecule has 0 radical (unpaired) electrons. The van der Waals surface area contributed by atoms with Gasteiger partial charge in [0.25, 0.3) is 12.3 Å². The number of hydrogen-bond donors (Lipinski definition) is 2. The van der Waals surface area contributed by atoms with Gasteiger partial charge in [-0.2, -0.15) is 0 Å². The van der Waals surface area contributed by atoms with Crippen molar-refractivity contribution < 1.29 is 13.6 Å². The fourth-order valence-electron chi connectivity index (χ4n) is 2.89. The van der Waals surface area contributed by atoms with Gasteiger partial charge in [-0.25, -0.2) is 18.7 Å². The van der Waals surface area contributed by atoms with Crippen molar-refractivity contribution in [3.63, 3.8) is 0 Å². The molecular formula is C20H13ClF2N4O. The largest absolute Gasteiger partial charge is 0.338 e. The number of aromatic amines is 1. The Morgan fingerprint density at radius 2 is 1.96 bits per heavy atom. The number of H-pyrrole nitrogens is 1. The van der Waals surface area contributed by atoms with Crippen LogP contribution in [0.2, 0.25) is 5.02 Å². The predicted molar refractivity (Wildman–Crippen MR) is 104 cm³/mol. The van der Waals surface area contributed by atoms with Gasteiger partial charge < -0.3 is 10.3 Å². The number of halogens is 3. The van der Waals surface area contributed by atoms with Crippen molar-refractivity contribution in [1.82, 2.24) is 15.0 Å². The molecule has 0 aliphatic heterocycles. The molecular weight excluding hydrogens is 386 g/mol. The molecule has 2 aromatic carbocycles. The highest BCUT2D eigenvalue weighted by atomic mass is 35.5. The second-order valence-electron chi connectivity index (χ2n) is 5.99. The number of imidazole rings is 1. The number of carbonyl (C=O) groups is 1. The van der Waals surface area contributed by atoms with Crippen LogP contribution < -0.4 is 5.32 Å². The summed E-state index contributed by atoms with van der Waals surface area (Å²) in [5, 5.41) is 2.91. The van der Waals surface area contributed by atoms with Crippen molar-refractivity contribution in [3.8, 4) is 11.4 Å². The van der Waals surface area contributed by atoms with E-state index in [1.807, 2.05) is 0 Å². The first-order valence-corrected chi connectivity index (χ1v) is 8.70. The molecule has 2 aromatic heterocycles. The van der Waals surface area contributed by atoms with Crippen LogP contribution in [0.1, 0.15) is 22.3 Å². The number of nitrogens with zero attached hydrogens (tertiary/aromatic N) is 2. The third-order valence-electron chi connectivity index (χ3n) is 4.17. The second-order valence-corrected chi connectivity index (χ2v) is 6.42. The average Bonchev–Trinajstić information content (AvgIpc) is 3.12. The first-order chi connectivity index (χ1) is 13.5. The van der Waals surface area contributed by atoms with E-state index in [0.717, 1.165) is 0 Å². The zero-order valence-electron chi connectivity index (χ0n) is 14.3. The fraction of sp³-hybridized carbons (Fsp3) is 0.0500. The minimum atomic E-state index is -2.71. The molecule has 0 aliphatic carbocycles. The van der Waals surface area contributed by atoms with E-state index in [2.05, 4.69) is 20.3 Å². The van der Waals surface area contributed by atoms with Gasteiger partial charge >= 0.3 is 0 Å². The summed E-state index contributed by atoms with van der Waals surface area (Å²) in [6.07, 6.45) is -1.15. The molecule has 0 aliphatic rings. The maximum absolute atomic E-state index is 13.4. The zero-order chi connectivity index (χ0) is 19.7. The van der Waals surface area contributed by atoms with Crippen LogP contribution in [-0.4, -0.2) is 20.9 Å². The molecule has 4 aromatic rings. The molecule has 28 heavy (non-hydrogen) atoms. The van der Waals surface area contributed by atoms with Crippen LogP contribution in [0.5, 0.6) is 0 Å². The van der Waals surface area contributed by atoms with Gasteiger partial charge in [-0.1, -0.05) is 23.7 Å². The van der Waals surface area contributed by atoms with Crippen LogP contribution in [0.4, 0.5) is 14.6 Å². The first-order valence-electron chi connectivity index (χ1n) is 8.32. The fourth-order valence-corrected chi connectivity index (χ4v) is 3.07. The molecule has 0 saturated heterocycles. The molecule has 0 bridgehead atoms. The summed E-state index contributed by atoms with van der Waals surface area (Å²) in [6.45, 7) is 0. The number of fused-ring (bicyclic) bond motifs is 1. The van der Waals surface area contributed by atoms with E-state index in [0.29, 0.717) is 22.4 Å². The monoisotopic (exact) mass is 398 g/mol. The van der Waals surface area contributed by atoms with E-state index >= 15 is 0 Å². The topological polar surface area (TPSA) is 70.7 Å². The predicted octanol–water partition coefficient (Wildman–Crippen LogP) is 5.47. The van der Waals surface area contributed by atoms with Crippen molar-refractivity contribution in [3.05, 3.63) is 76.9 Å². The summed E-state index contributed by atoms with van der Waals surface area (Å²) in [5.41, 5.74) is 1.23. The third kappa shape index (κ3) is 3.44. The zero-order valence-corrected chi connectivity index (χ0v) is 15.0. The van der Waals surface area contributed by atoms with E-state index in [-0.39, 0.29) is 22.0 Å². The minimum absolute atomic E-state index is 0.214. The van der Waals surface area contributed by atoms with Crippen molar-refractivity contribution >= 4 is 34.4 Å². The highest BCUT2D eigenvalue weighted by molar-refractivity contribution is 6.30. The van der Waals surface area contributed by atoms with Crippen LogP contribution in [0.3, 0.4) is 0 Å². The number of para-hydroxylation sites is 1. The Bertz CT molecular complexity index is 1160. The molecule has 1 amide bonds. The quantitative estimate of drug-likeness (QED) is 0.479. The molecule has 0 atom stereocenters. The van der Waals surface area contributed by atoms with Gasteiger partial charge in [-0.3, -0.25) is 4.79 Å². The van der Waals surface area contributed by atoms with Crippen LogP contribution in [0.25, 0.3) is 22.4 Å². The number of rotatable bonds is 4. The molecule has 4 rings (SSSR count). The Morgan fingerprint density at radius 3 is 2.71 bits per heavy atom. The smallest absolute Gasteiger partial charge is 0.264 e. The number of amides is 1. The van der Waals surface area contributed by atoms with Gasteiger partial charge in [0.05, 0.1) is 11.1 Å². The lowest BCUT2D eigenvalue weighted by Gasteiger charge is -2.06. The first kappa shape index (κ1) is 18.1. The number of aromatic nitrogens is 3. The molecule has 2 N–H and O–H groups in total. The molecule has 0 unspecified atom stereocenters. The lowest BCUT2D eigenvalue weighted by atomic mass is 10.1. The van der Waals surface area contributed by atoms with Crippen molar-refractivity contribution in [2.75, 3.05) is 5.32 Å². The minimum Gasteiger partial charge on any atom is -0.338 e. The van der Waals surface area contributed by atoms with Gasteiger partial charge in [0.15, 0.2) is 0 Å². The van der Waals surface area contributed by atoms with Crippen molar-refractivity contribution in [2.24, 2.45) is 0 Å². The highest BCUT2D eigenvalue weighted by Gasteiger charge is 2.19. The van der Waals surface area contributed by atoms with Gasteiger partial charge in [-0.15, -0.1) is 0 Å². The van der Waals surface area contributed by atoms with Gasteiger partial charge in [0.1, 0.15) is 17.2 Å². The Labute approximate surface area is 163 Å². The molecule has 8 heteroatoms. The highest BCUT2D eigenvalue weighted by Crippen LogP contribution is 2.33. The molecule has 140 valence electrons. The van der Waals surface area contributed by atoms with Crippen molar-refractivity contribution in [1.29, 1.82) is 0 Å². The standard InChI is InChI=1S/C20H13ClF2N4O/c21-11-7-8-12(14(10-11)18(22)23)19-25-15-5-3-4-13(17(15)27-19)20(28)26-16-6-1-2-9-24-16/h1-10,18H,(H,25,27)(H,24,26,28). The van der Waals surface area contributed by atoms with Crippen LogP contribution >= 0.6 is 11.6 Å². The molecule has 0 spiro atoms. The van der Waals surface area contributed by atoms with Crippen LogP contribution in [0, 0.1) is 0 Å². The van der Waals surface area contributed by atoms with E-state index < -0.39 is 12.3 Å². The number of benzene rings is 2. The van der Waals surface area contributed by atoms with Crippen LogP contribution in [-0.2, 0) is 0 Å². The third-order valence-corrected chi connectivity index (χ3v) is 4.40. The molecule has 5 nitrogen and oxygen atoms in total. The normalized spacial score (nSPS) is 11.1. The lowest BCUT2D eigenvalue weighted by Crippen LogP contribution is -2.13. The average molecular weight is 399 g/mol. The lowest BCUT2D eigenvalue weighted by molar-refractivity contribution is 0.102. The Balaban J connectivity index is 1.77. The number of hydrogen-bond acceptors (Lipinski definition) is 3. The van der Waals surface area contributed by atoms with E-state index in [1.165, 1.54) is 18.2 Å². The summed E-state index contributed by atoms with van der Waals surface area (Å²) in [6, 6.07) is 14.4. The van der Waals surface area contributed by atoms with Crippen LogP contribution in [0.15, 0.2) is 60.8 Å². The number of pyridine rings is 1. The number of carbonyl (C=O) groups excluding carboxylic acids is 1. The van der Waals surface area contributed by atoms with E-state index in [9.17, 15) is 13.6 Å². The van der Waals surface area contributed by atoms with Gasteiger partial charge in [0.2, 0.25) is 0 Å². The number of anilines is 1. The summed E-state index contributed by atoms with van der Waals surface area (Å²) in [4.78, 5) is 24.1. The summed E-state index contributed by atoms with van der Waals surface area (Å²) in [5.74, 6) is 0.241. The maximum Gasteiger partial charge on any atom is 0.264 e. The summed E-state index contributed by atoms with van der Waals surface area (Å²) >= 11 is 5.85. The Morgan fingerprint density at radius 1 is 1.11 bits per heavy atom. The maximum atomic E-state index is 13.4. The van der Waals surface area contributed by atoms with Gasteiger partial charge in [-0.05, 0) is 42.5 Å². The van der Waals surface area contributed by atoms with Crippen molar-refractivity contribution in [2.45, 2.75) is 6.43 Å². The van der Waals surface area contributed by atoms with E-state index in [4.69, 9.17) is 11.6 Å². The van der Waals surface area contributed by atoms with E-state index in [1.54, 1.807) is 42.6 Å². The molecule has 0 saturated carbocycles. The number of alkyl halides is 2. The Hall–Kier alpha value is -3.32. The summed E-state index contributed by atoms with van der Waals surface area (Å²) < 4.78 is 26.9. The SMILES string of the molecule is O=C(Nc1ccccn1)c1cccc2[nH]c(-c3ccc(Cl)cc3C(F)F)nc12. The molecule has 2 heterocycles. The number of nitrogens with one attached hydrogen (secondary N) is 2. The molecule has 0 fully saturated rings. The second kappa shape index (κ2) is 7.36. The van der Waals surface area contributed by atoms with Gasteiger partial charge in [0, 0.05) is 22.3 Å². The Kier molecular flexibility index (Phi) is 4.75.